The first-order chi connectivity index (χ1) is 11.5. The zero-order valence-corrected chi connectivity index (χ0v) is 14.5. The highest BCUT2D eigenvalue weighted by atomic mass is 19.1. The van der Waals surface area contributed by atoms with Gasteiger partial charge in [-0.15, -0.1) is 0 Å². The smallest absolute Gasteiger partial charge is 0.173 e. The number of hydrogen-bond donors (Lipinski definition) is 0. The number of aromatic nitrogens is 4. The Kier molecular flexibility index (Phi) is 4.42. The van der Waals surface area contributed by atoms with Crippen molar-refractivity contribution in [3.05, 3.63) is 64.9 Å². The van der Waals surface area contributed by atoms with Crippen LogP contribution in [0.1, 0.15) is 48.6 Å². The lowest BCUT2D eigenvalue weighted by Gasteiger charge is -2.12. The first-order valence-electron chi connectivity index (χ1n) is 8.18. The van der Waals surface area contributed by atoms with Gasteiger partial charge in [0.15, 0.2) is 11.5 Å². The number of halogens is 1. The van der Waals surface area contributed by atoms with E-state index in [0.717, 1.165) is 46.8 Å². The van der Waals surface area contributed by atoms with Crippen molar-refractivity contribution in [1.29, 1.82) is 0 Å². The average molecular weight is 324 g/mol. The number of allylic oxidation sites excluding steroid dienone is 1. The van der Waals surface area contributed by atoms with E-state index in [-0.39, 0.29) is 5.82 Å². The summed E-state index contributed by atoms with van der Waals surface area (Å²) >= 11 is 0. The molecule has 4 nitrogen and oxygen atoms in total. The predicted molar refractivity (Wildman–Crippen MR) is 93.4 cm³/mol. The molecule has 0 aliphatic heterocycles. The van der Waals surface area contributed by atoms with E-state index < -0.39 is 0 Å². The van der Waals surface area contributed by atoms with Gasteiger partial charge in [0, 0.05) is 41.8 Å². The van der Waals surface area contributed by atoms with Gasteiger partial charge in [0.1, 0.15) is 5.82 Å². The van der Waals surface area contributed by atoms with Crippen LogP contribution in [-0.2, 0) is 6.42 Å². The fraction of sp³-hybridized carbons (Fsp3) is 0.316. The number of fused-ring (bicyclic) bond motifs is 1. The van der Waals surface area contributed by atoms with E-state index in [9.17, 15) is 4.39 Å². The summed E-state index contributed by atoms with van der Waals surface area (Å²) in [5.41, 5.74) is 4.67. The maximum Gasteiger partial charge on any atom is 0.173 e. The molecule has 0 bridgehead atoms. The summed E-state index contributed by atoms with van der Waals surface area (Å²) in [7, 11) is 0. The zero-order chi connectivity index (χ0) is 17.3. The number of rotatable bonds is 4. The molecule has 3 aromatic rings. The van der Waals surface area contributed by atoms with E-state index in [1.54, 1.807) is 4.40 Å². The van der Waals surface area contributed by atoms with Crippen molar-refractivity contribution in [2.24, 2.45) is 0 Å². The van der Waals surface area contributed by atoms with Crippen molar-refractivity contribution in [3.63, 3.8) is 0 Å². The molecule has 0 aliphatic rings. The molecular weight excluding hydrogens is 303 g/mol. The molecule has 0 fully saturated rings. The zero-order valence-electron chi connectivity index (χ0n) is 14.5. The van der Waals surface area contributed by atoms with Gasteiger partial charge in [-0.05, 0) is 38.8 Å². The van der Waals surface area contributed by atoms with Crippen LogP contribution < -0.4 is 0 Å². The van der Waals surface area contributed by atoms with Crippen LogP contribution in [0, 0.1) is 19.7 Å². The van der Waals surface area contributed by atoms with Gasteiger partial charge in [-0.1, -0.05) is 13.0 Å². The van der Waals surface area contributed by atoms with Crippen LogP contribution in [-0.4, -0.2) is 19.4 Å². The Morgan fingerprint density at radius 3 is 2.71 bits per heavy atom. The Morgan fingerprint density at radius 1 is 1.25 bits per heavy atom. The SMILES string of the molecule is C/C=C(/c1cc(F)c2nc(C)cn2c1)c1cnc(CCC)nc1C. The normalized spacial score (nSPS) is 12.1. The summed E-state index contributed by atoms with van der Waals surface area (Å²) in [5.74, 6) is 0.516. The minimum Gasteiger partial charge on any atom is -0.304 e. The van der Waals surface area contributed by atoms with Crippen molar-refractivity contribution in [1.82, 2.24) is 19.4 Å². The van der Waals surface area contributed by atoms with E-state index in [1.165, 1.54) is 6.07 Å². The van der Waals surface area contributed by atoms with Crippen LogP contribution in [0.4, 0.5) is 4.39 Å². The summed E-state index contributed by atoms with van der Waals surface area (Å²) in [6, 6.07) is 1.52. The molecule has 5 heteroatoms. The van der Waals surface area contributed by atoms with Gasteiger partial charge in [0.2, 0.25) is 0 Å². The molecule has 0 radical (unpaired) electrons. The monoisotopic (exact) mass is 324 g/mol. The largest absolute Gasteiger partial charge is 0.304 e. The van der Waals surface area contributed by atoms with Crippen molar-refractivity contribution < 1.29 is 4.39 Å². The molecule has 0 aliphatic carbocycles. The first kappa shape index (κ1) is 16.3. The van der Waals surface area contributed by atoms with Gasteiger partial charge in [-0.25, -0.2) is 19.3 Å². The van der Waals surface area contributed by atoms with Gasteiger partial charge in [0.05, 0.1) is 5.69 Å². The van der Waals surface area contributed by atoms with Crippen LogP contribution in [0.5, 0.6) is 0 Å². The minimum atomic E-state index is -0.332. The predicted octanol–water partition coefficient (Wildman–Crippen LogP) is 4.28. The maximum atomic E-state index is 14.4. The van der Waals surface area contributed by atoms with Crippen LogP contribution in [0.3, 0.4) is 0 Å². The number of imidazole rings is 1. The Balaban J connectivity index is 2.09. The molecule has 0 atom stereocenters. The lowest BCUT2D eigenvalue weighted by molar-refractivity contribution is 0.629. The Bertz CT molecular complexity index is 925. The van der Waals surface area contributed by atoms with Crippen molar-refractivity contribution in [2.45, 2.75) is 40.5 Å². The fourth-order valence-corrected chi connectivity index (χ4v) is 2.93. The van der Waals surface area contributed by atoms with Crippen LogP contribution in [0.2, 0.25) is 0 Å². The molecule has 3 heterocycles. The van der Waals surface area contributed by atoms with Crippen LogP contribution in [0.25, 0.3) is 11.2 Å². The van der Waals surface area contributed by atoms with Gasteiger partial charge >= 0.3 is 0 Å². The molecule has 3 rings (SSSR count). The van der Waals surface area contributed by atoms with E-state index in [0.29, 0.717) is 5.65 Å². The lowest BCUT2D eigenvalue weighted by atomic mass is 9.99. The second-order valence-corrected chi connectivity index (χ2v) is 5.93. The fourth-order valence-electron chi connectivity index (χ4n) is 2.93. The third kappa shape index (κ3) is 2.94. The average Bonchev–Trinajstić information content (AvgIpc) is 2.91. The topological polar surface area (TPSA) is 43.1 Å². The first-order valence-corrected chi connectivity index (χ1v) is 8.18. The molecule has 24 heavy (non-hydrogen) atoms. The highest BCUT2D eigenvalue weighted by Crippen LogP contribution is 2.26. The van der Waals surface area contributed by atoms with Crippen LogP contribution in [0.15, 0.2) is 30.7 Å². The lowest BCUT2D eigenvalue weighted by Crippen LogP contribution is -2.02. The quantitative estimate of drug-likeness (QED) is 0.719. The second-order valence-electron chi connectivity index (χ2n) is 5.93. The van der Waals surface area contributed by atoms with Gasteiger partial charge < -0.3 is 4.40 Å². The molecule has 0 aromatic carbocycles. The number of pyridine rings is 1. The minimum absolute atomic E-state index is 0.332. The summed E-state index contributed by atoms with van der Waals surface area (Å²) in [6.45, 7) is 7.87. The molecule has 0 saturated carbocycles. The summed E-state index contributed by atoms with van der Waals surface area (Å²) in [5, 5.41) is 0. The number of aryl methyl sites for hydroxylation is 3. The molecular formula is C19H21FN4. The summed E-state index contributed by atoms with van der Waals surface area (Å²) in [6.07, 6.45) is 9.40. The Hall–Kier alpha value is -2.56. The van der Waals surface area contributed by atoms with Gasteiger partial charge in [-0.2, -0.15) is 0 Å². The second kappa shape index (κ2) is 6.51. The number of hydrogen-bond acceptors (Lipinski definition) is 3. The highest BCUT2D eigenvalue weighted by Gasteiger charge is 2.14. The molecule has 3 aromatic heterocycles. The third-order valence-corrected chi connectivity index (χ3v) is 4.02. The van der Waals surface area contributed by atoms with Crippen LogP contribution >= 0.6 is 0 Å². The summed E-state index contributed by atoms with van der Waals surface area (Å²) in [4.78, 5) is 13.2. The number of nitrogens with zero attached hydrogens (tertiary/aromatic N) is 4. The molecule has 0 spiro atoms. The van der Waals surface area contributed by atoms with E-state index in [4.69, 9.17) is 0 Å². The molecule has 0 unspecified atom stereocenters. The van der Waals surface area contributed by atoms with Crippen molar-refractivity contribution in [3.8, 4) is 0 Å². The summed E-state index contributed by atoms with van der Waals surface area (Å²) < 4.78 is 16.1. The molecule has 0 saturated heterocycles. The van der Waals surface area contributed by atoms with E-state index in [1.807, 2.05) is 45.4 Å². The molecule has 124 valence electrons. The Morgan fingerprint density at radius 2 is 2.04 bits per heavy atom. The standard InChI is InChI=1S/C19H21FN4/c1-5-7-18-21-9-16(13(4)23-18)15(6-2)14-8-17(20)19-22-12(3)10-24(19)11-14/h6,8-11H,5,7H2,1-4H3/b15-6-. The van der Waals surface area contributed by atoms with E-state index in [2.05, 4.69) is 21.9 Å². The van der Waals surface area contributed by atoms with Crippen molar-refractivity contribution in [2.75, 3.05) is 0 Å². The van der Waals surface area contributed by atoms with E-state index >= 15 is 0 Å². The van der Waals surface area contributed by atoms with Gasteiger partial charge in [0.25, 0.3) is 0 Å². The highest BCUT2D eigenvalue weighted by molar-refractivity contribution is 5.80. The maximum absolute atomic E-state index is 14.4. The molecule has 0 amide bonds. The third-order valence-electron chi connectivity index (χ3n) is 4.02. The van der Waals surface area contributed by atoms with Gasteiger partial charge in [-0.3, -0.25) is 0 Å². The Labute approximate surface area is 141 Å². The van der Waals surface area contributed by atoms with Crippen molar-refractivity contribution >= 4 is 11.2 Å². The molecule has 0 N–H and O–H groups in total.